The first-order chi connectivity index (χ1) is 16.1. The van der Waals surface area contributed by atoms with Crippen LogP contribution in [-0.2, 0) is 9.68 Å². The van der Waals surface area contributed by atoms with Gasteiger partial charge >= 0.3 is 0 Å². The lowest BCUT2D eigenvalue weighted by Crippen LogP contribution is -2.37. The molecule has 0 unspecified atom stereocenters. The van der Waals surface area contributed by atoms with Crippen molar-refractivity contribution in [1.29, 1.82) is 0 Å². The SMILES string of the molecule is CO/N=C(/C1=NCCON1)c1ccccc1Oc1ncnc(Oc2cccc(Cl)c2Cl)c1F. The third-order valence-electron chi connectivity index (χ3n) is 4.24. The molecule has 0 fully saturated rings. The number of para-hydroxylation sites is 1. The van der Waals surface area contributed by atoms with Gasteiger partial charge in [0.1, 0.15) is 30.0 Å². The summed E-state index contributed by atoms with van der Waals surface area (Å²) in [7, 11) is 1.39. The minimum Gasteiger partial charge on any atom is -0.436 e. The zero-order valence-electron chi connectivity index (χ0n) is 17.1. The number of oxime groups is 1. The predicted molar refractivity (Wildman–Crippen MR) is 120 cm³/mol. The molecule has 1 aromatic heterocycles. The molecule has 0 radical (unpaired) electrons. The van der Waals surface area contributed by atoms with Gasteiger partial charge in [0.2, 0.25) is 5.82 Å². The molecule has 0 spiro atoms. The van der Waals surface area contributed by atoms with E-state index in [1.165, 1.54) is 13.2 Å². The smallest absolute Gasteiger partial charge is 0.263 e. The number of amidine groups is 1. The summed E-state index contributed by atoms with van der Waals surface area (Å²) in [5.41, 5.74) is 3.44. The molecule has 0 aliphatic carbocycles. The van der Waals surface area contributed by atoms with Crippen molar-refractivity contribution in [3.8, 4) is 23.3 Å². The van der Waals surface area contributed by atoms with Crippen LogP contribution in [0.3, 0.4) is 0 Å². The van der Waals surface area contributed by atoms with E-state index in [0.29, 0.717) is 30.3 Å². The maximum Gasteiger partial charge on any atom is 0.263 e. The monoisotopic (exact) mass is 491 g/mol. The lowest BCUT2D eigenvalue weighted by molar-refractivity contribution is 0.0836. The van der Waals surface area contributed by atoms with Crippen molar-refractivity contribution in [3.05, 3.63) is 70.2 Å². The molecule has 9 nitrogen and oxygen atoms in total. The third kappa shape index (κ3) is 5.14. The zero-order valence-corrected chi connectivity index (χ0v) is 18.6. The standard InChI is InChI=1S/C21H16Cl2FN5O4/c1-30-28-18(19-25-9-10-31-29-19)12-5-2-3-7-14(12)32-20-17(24)21(27-11-26-20)33-15-8-4-6-13(22)16(15)23/h2-8,11H,9-10H2,1H3,(H,25,29)/b28-18+. The number of benzene rings is 2. The average Bonchev–Trinajstić information content (AvgIpc) is 2.84. The molecule has 1 aliphatic heterocycles. The van der Waals surface area contributed by atoms with E-state index in [0.717, 1.165) is 6.33 Å². The molecule has 0 atom stereocenters. The fourth-order valence-electron chi connectivity index (χ4n) is 2.79. The number of aromatic nitrogens is 2. The normalized spacial score (nSPS) is 13.7. The van der Waals surface area contributed by atoms with Crippen LogP contribution in [0.25, 0.3) is 0 Å². The molecule has 3 aromatic rings. The van der Waals surface area contributed by atoms with Crippen LogP contribution >= 0.6 is 23.2 Å². The van der Waals surface area contributed by atoms with E-state index in [4.69, 9.17) is 42.4 Å². The number of aliphatic imine (C=N–C) groups is 1. The number of halogens is 3. The van der Waals surface area contributed by atoms with E-state index >= 15 is 4.39 Å². The average molecular weight is 492 g/mol. The van der Waals surface area contributed by atoms with Gasteiger partial charge in [-0.05, 0) is 24.3 Å². The molecule has 0 bridgehead atoms. The first-order valence-corrected chi connectivity index (χ1v) is 10.3. The van der Waals surface area contributed by atoms with Crippen LogP contribution in [0.5, 0.6) is 23.3 Å². The Kier molecular flexibility index (Phi) is 7.18. The Morgan fingerprint density at radius 1 is 1.06 bits per heavy atom. The van der Waals surface area contributed by atoms with Gasteiger partial charge in [0, 0.05) is 0 Å². The minimum atomic E-state index is -0.940. The molecule has 4 rings (SSSR count). The van der Waals surface area contributed by atoms with E-state index in [1.807, 2.05) is 0 Å². The number of hydrogen-bond donors (Lipinski definition) is 1. The quantitative estimate of drug-likeness (QED) is 0.374. The van der Waals surface area contributed by atoms with Gasteiger partial charge < -0.3 is 14.3 Å². The molecule has 1 aliphatic rings. The summed E-state index contributed by atoms with van der Waals surface area (Å²) < 4.78 is 26.4. The predicted octanol–water partition coefficient (Wildman–Crippen LogP) is 4.79. The first-order valence-electron chi connectivity index (χ1n) is 9.52. The number of ether oxygens (including phenoxy) is 2. The number of nitrogens with one attached hydrogen (secondary N) is 1. The summed E-state index contributed by atoms with van der Waals surface area (Å²) in [6.45, 7) is 0.842. The second-order valence-electron chi connectivity index (χ2n) is 6.35. The van der Waals surface area contributed by atoms with Crippen LogP contribution in [0.2, 0.25) is 10.0 Å². The number of nitrogens with zero attached hydrogens (tertiary/aromatic N) is 4. The van der Waals surface area contributed by atoms with Gasteiger partial charge in [0.15, 0.2) is 11.5 Å². The van der Waals surface area contributed by atoms with Crippen molar-refractivity contribution < 1.29 is 23.5 Å². The number of rotatable bonds is 7. The van der Waals surface area contributed by atoms with Crippen LogP contribution in [0.1, 0.15) is 5.56 Å². The molecule has 1 N–H and O–H groups in total. The molecular weight excluding hydrogens is 476 g/mol. The second-order valence-corrected chi connectivity index (χ2v) is 7.14. The molecule has 0 saturated carbocycles. The fourth-order valence-corrected chi connectivity index (χ4v) is 3.12. The van der Waals surface area contributed by atoms with Crippen molar-refractivity contribution >= 4 is 34.7 Å². The highest BCUT2D eigenvalue weighted by molar-refractivity contribution is 6.47. The fraction of sp³-hybridized carbons (Fsp3) is 0.143. The van der Waals surface area contributed by atoms with E-state index < -0.39 is 5.82 Å². The van der Waals surface area contributed by atoms with Crippen molar-refractivity contribution in [3.63, 3.8) is 0 Å². The van der Waals surface area contributed by atoms with Crippen LogP contribution in [0.15, 0.2) is 58.9 Å². The van der Waals surface area contributed by atoms with Gasteiger partial charge in [-0.15, -0.1) is 0 Å². The topological polar surface area (TPSA) is 99.5 Å². The molecule has 2 heterocycles. The molecule has 2 aromatic carbocycles. The van der Waals surface area contributed by atoms with Gasteiger partial charge in [-0.2, -0.15) is 14.4 Å². The van der Waals surface area contributed by atoms with Crippen molar-refractivity contribution in [2.24, 2.45) is 10.1 Å². The minimum absolute atomic E-state index is 0.119. The maximum atomic E-state index is 15.1. The van der Waals surface area contributed by atoms with Crippen LogP contribution < -0.4 is 15.0 Å². The molecular formula is C21H16Cl2FN5O4. The number of hydrogen-bond acceptors (Lipinski definition) is 9. The third-order valence-corrected chi connectivity index (χ3v) is 5.04. The van der Waals surface area contributed by atoms with Gasteiger partial charge in [0.05, 0.1) is 23.7 Å². The van der Waals surface area contributed by atoms with Gasteiger partial charge in [-0.1, -0.05) is 46.6 Å². The largest absolute Gasteiger partial charge is 0.436 e. The Balaban J connectivity index is 1.67. The van der Waals surface area contributed by atoms with Gasteiger partial charge in [0.25, 0.3) is 11.8 Å². The molecule has 12 heteroatoms. The Morgan fingerprint density at radius 3 is 2.52 bits per heavy atom. The Bertz CT molecular complexity index is 1230. The molecule has 33 heavy (non-hydrogen) atoms. The maximum absolute atomic E-state index is 15.1. The summed E-state index contributed by atoms with van der Waals surface area (Å²) in [4.78, 5) is 22.2. The van der Waals surface area contributed by atoms with Gasteiger partial charge in [-0.25, -0.2) is 5.48 Å². The lowest BCUT2D eigenvalue weighted by Gasteiger charge is -2.17. The van der Waals surface area contributed by atoms with Crippen LogP contribution in [0, 0.1) is 5.82 Å². The first kappa shape index (κ1) is 22.7. The molecule has 170 valence electrons. The van der Waals surface area contributed by atoms with E-state index in [2.05, 4.69) is 25.6 Å². The highest BCUT2D eigenvalue weighted by Gasteiger charge is 2.23. The lowest BCUT2D eigenvalue weighted by atomic mass is 10.1. The van der Waals surface area contributed by atoms with Crippen molar-refractivity contribution in [2.75, 3.05) is 20.3 Å². The summed E-state index contributed by atoms with van der Waals surface area (Å²) in [6.07, 6.45) is 1.10. The summed E-state index contributed by atoms with van der Waals surface area (Å²) >= 11 is 12.1. The Labute approximate surface area is 197 Å². The van der Waals surface area contributed by atoms with Crippen LogP contribution in [0.4, 0.5) is 4.39 Å². The van der Waals surface area contributed by atoms with E-state index in [1.54, 1.807) is 36.4 Å². The van der Waals surface area contributed by atoms with Crippen molar-refractivity contribution in [1.82, 2.24) is 15.4 Å². The van der Waals surface area contributed by atoms with E-state index in [-0.39, 0.29) is 33.3 Å². The van der Waals surface area contributed by atoms with Crippen LogP contribution in [-0.4, -0.2) is 41.8 Å². The Morgan fingerprint density at radius 2 is 1.79 bits per heavy atom. The van der Waals surface area contributed by atoms with Gasteiger partial charge in [-0.3, -0.25) is 9.83 Å². The summed E-state index contributed by atoms with van der Waals surface area (Å²) in [5.74, 6) is -1.01. The highest BCUT2D eigenvalue weighted by Crippen LogP contribution is 2.36. The molecule has 0 amide bonds. The Hall–Kier alpha value is -3.47. The van der Waals surface area contributed by atoms with Crippen molar-refractivity contribution in [2.45, 2.75) is 0 Å². The molecule has 0 saturated heterocycles. The van der Waals surface area contributed by atoms with E-state index in [9.17, 15) is 0 Å². The zero-order chi connectivity index (χ0) is 23.2. The summed E-state index contributed by atoms with van der Waals surface area (Å²) in [5, 5.41) is 4.39. The number of hydroxylamine groups is 1. The summed E-state index contributed by atoms with van der Waals surface area (Å²) in [6, 6.07) is 11.5. The highest BCUT2D eigenvalue weighted by atomic mass is 35.5. The second kappa shape index (κ2) is 10.4.